The highest BCUT2D eigenvalue weighted by Crippen LogP contribution is 2.34. The molecule has 2 atom stereocenters. The number of ether oxygens (including phenoxy) is 1. The number of benzene rings is 1. The van der Waals surface area contributed by atoms with Gasteiger partial charge in [-0.05, 0) is 37.5 Å². The van der Waals surface area contributed by atoms with Gasteiger partial charge in [0, 0.05) is 12.5 Å². The van der Waals surface area contributed by atoms with Crippen molar-refractivity contribution in [2.24, 2.45) is 5.73 Å². The Balaban J connectivity index is 2.46. The number of rotatable bonds is 1. The fourth-order valence-electron chi connectivity index (χ4n) is 2.01. The molecule has 14 heavy (non-hydrogen) atoms. The second kappa shape index (κ2) is 3.28. The maximum Gasteiger partial charge on any atom is 0.125 e. The topological polar surface area (TPSA) is 35.2 Å². The van der Waals surface area contributed by atoms with Crippen molar-refractivity contribution >= 4 is 0 Å². The standard InChI is InChI=1S/C12H17NO/c1-7-4-10(9(3)13)6-11-5-8(2)14-12(7)11/h4,6,8-9H,5,13H2,1-3H3. The molecule has 2 heteroatoms. The summed E-state index contributed by atoms with van der Waals surface area (Å²) in [5.74, 6) is 1.07. The summed E-state index contributed by atoms with van der Waals surface area (Å²) in [6.07, 6.45) is 1.32. The lowest BCUT2D eigenvalue weighted by atomic mass is 10.00. The molecule has 0 aromatic heterocycles. The van der Waals surface area contributed by atoms with E-state index in [1.807, 2.05) is 6.92 Å². The molecule has 0 aliphatic carbocycles. The van der Waals surface area contributed by atoms with Crippen LogP contribution in [0.25, 0.3) is 0 Å². The van der Waals surface area contributed by atoms with Gasteiger partial charge in [0.2, 0.25) is 0 Å². The van der Waals surface area contributed by atoms with Gasteiger partial charge < -0.3 is 10.5 Å². The summed E-state index contributed by atoms with van der Waals surface area (Å²) in [5.41, 5.74) is 9.60. The van der Waals surface area contributed by atoms with Crippen LogP contribution in [0.2, 0.25) is 0 Å². The smallest absolute Gasteiger partial charge is 0.125 e. The summed E-state index contributed by atoms with van der Waals surface area (Å²) < 4.78 is 5.73. The van der Waals surface area contributed by atoms with Crippen molar-refractivity contribution in [1.29, 1.82) is 0 Å². The summed E-state index contributed by atoms with van der Waals surface area (Å²) >= 11 is 0. The van der Waals surface area contributed by atoms with Crippen LogP contribution >= 0.6 is 0 Å². The molecule has 2 N–H and O–H groups in total. The van der Waals surface area contributed by atoms with Crippen LogP contribution in [0.5, 0.6) is 5.75 Å². The minimum Gasteiger partial charge on any atom is -0.490 e. The second-order valence-corrected chi connectivity index (χ2v) is 4.25. The van der Waals surface area contributed by atoms with Crippen molar-refractivity contribution in [1.82, 2.24) is 0 Å². The van der Waals surface area contributed by atoms with E-state index in [0.29, 0.717) is 6.10 Å². The van der Waals surface area contributed by atoms with Gasteiger partial charge in [0.25, 0.3) is 0 Å². The highest BCUT2D eigenvalue weighted by molar-refractivity contribution is 5.47. The highest BCUT2D eigenvalue weighted by atomic mass is 16.5. The Morgan fingerprint density at radius 1 is 1.50 bits per heavy atom. The van der Waals surface area contributed by atoms with E-state index in [0.717, 1.165) is 12.2 Å². The molecule has 0 spiro atoms. The van der Waals surface area contributed by atoms with Crippen molar-refractivity contribution in [2.45, 2.75) is 39.3 Å². The van der Waals surface area contributed by atoms with Crippen LogP contribution < -0.4 is 10.5 Å². The van der Waals surface area contributed by atoms with Crippen molar-refractivity contribution in [2.75, 3.05) is 0 Å². The number of hydrogen-bond donors (Lipinski definition) is 1. The van der Waals surface area contributed by atoms with Gasteiger partial charge in [-0.1, -0.05) is 12.1 Å². The quantitative estimate of drug-likeness (QED) is 0.739. The van der Waals surface area contributed by atoms with Gasteiger partial charge in [-0.3, -0.25) is 0 Å². The Labute approximate surface area is 85.1 Å². The fraction of sp³-hybridized carbons (Fsp3) is 0.500. The predicted octanol–water partition coefficient (Wildman–Crippen LogP) is 2.34. The Hall–Kier alpha value is -1.02. The summed E-state index contributed by atoms with van der Waals surface area (Å²) in [4.78, 5) is 0. The molecule has 76 valence electrons. The number of hydrogen-bond acceptors (Lipinski definition) is 2. The second-order valence-electron chi connectivity index (χ2n) is 4.25. The molecule has 2 nitrogen and oxygen atoms in total. The van der Waals surface area contributed by atoms with E-state index < -0.39 is 0 Å². The lowest BCUT2D eigenvalue weighted by Crippen LogP contribution is -2.05. The Morgan fingerprint density at radius 3 is 2.86 bits per heavy atom. The molecule has 0 bridgehead atoms. The molecule has 0 fully saturated rings. The van der Waals surface area contributed by atoms with E-state index in [1.54, 1.807) is 0 Å². The van der Waals surface area contributed by atoms with Gasteiger partial charge >= 0.3 is 0 Å². The van der Waals surface area contributed by atoms with Crippen LogP contribution in [0.1, 0.15) is 36.6 Å². The SMILES string of the molecule is Cc1cc(C(C)N)cc2c1OC(C)C2. The Kier molecular flexibility index (Phi) is 2.23. The van der Waals surface area contributed by atoms with E-state index in [-0.39, 0.29) is 6.04 Å². The van der Waals surface area contributed by atoms with Crippen molar-refractivity contribution < 1.29 is 4.74 Å². The molecule has 1 heterocycles. The van der Waals surface area contributed by atoms with E-state index in [9.17, 15) is 0 Å². The third kappa shape index (κ3) is 1.50. The first kappa shape index (κ1) is 9.53. The molecule has 0 saturated carbocycles. The van der Waals surface area contributed by atoms with Gasteiger partial charge in [-0.25, -0.2) is 0 Å². The third-order valence-electron chi connectivity index (χ3n) is 2.73. The molecular formula is C12H17NO. The van der Waals surface area contributed by atoms with Crippen molar-refractivity contribution in [3.05, 3.63) is 28.8 Å². The summed E-state index contributed by atoms with van der Waals surface area (Å²) in [7, 11) is 0. The van der Waals surface area contributed by atoms with E-state index >= 15 is 0 Å². The zero-order chi connectivity index (χ0) is 10.3. The third-order valence-corrected chi connectivity index (χ3v) is 2.73. The minimum atomic E-state index is 0.106. The Morgan fingerprint density at radius 2 is 2.21 bits per heavy atom. The number of nitrogens with two attached hydrogens (primary N) is 1. The van der Waals surface area contributed by atoms with E-state index in [2.05, 4.69) is 26.0 Å². The molecule has 2 unspecified atom stereocenters. The molecule has 1 aliphatic rings. The normalized spacial score (nSPS) is 21.6. The first-order valence-electron chi connectivity index (χ1n) is 5.13. The van der Waals surface area contributed by atoms with Gasteiger partial charge in [0.05, 0.1) is 0 Å². The largest absolute Gasteiger partial charge is 0.490 e. The molecule has 0 saturated heterocycles. The molecule has 2 rings (SSSR count). The van der Waals surface area contributed by atoms with Crippen LogP contribution in [0.15, 0.2) is 12.1 Å². The van der Waals surface area contributed by atoms with Gasteiger partial charge in [0.15, 0.2) is 0 Å². The van der Waals surface area contributed by atoms with Crippen LogP contribution in [-0.4, -0.2) is 6.10 Å². The summed E-state index contributed by atoms with van der Waals surface area (Å²) in [6.45, 7) is 6.20. The first-order valence-corrected chi connectivity index (χ1v) is 5.13. The highest BCUT2D eigenvalue weighted by Gasteiger charge is 2.21. The molecular weight excluding hydrogens is 174 g/mol. The van der Waals surface area contributed by atoms with Crippen molar-refractivity contribution in [3.63, 3.8) is 0 Å². The van der Waals surface area contributed by atoms with Gasteiger partial charge in [-0.15, -0.1) is 0 Å². The molecule has 1 aromatic carbocycles. The average molecular weight is 191 g/mol. The van der Waals surface area contributed by atoms with Crippen LogP contribution in [0, 0.1) is 6.92 Å². The average Bonchev–Trinajstić information content (AvgIpc) is 2.45. The zero-order valence-corrected chi connectivity index (χ0v) is 9.00. The van der Waals surface area contributed by atoms with E-state index in [1.165, 1.54) is 16.7 Å². The summed E-state index contributed by atoms with van der Waals surface area (Å²) in [5, 5.41) is 0. The van der Waals surface area contributed by atoms with Crippen molar-refractivity contribution in [3.8, 4) is 5.75 Å². The van der Waals surface area contributed by atoms with Gasteiger partial charge in [-0.2, -0.15) is 0 Å². The maximum absolute atomic E-state index is 5.87. The lowest BCUT2D eigenvalue weighted by molar-refractivity contribution is 0.253. The predicted molar refractivity (Wildman–Crippen MR) is 57.6 cm³/mol. The maximum atomic E-state index is 5.87. The number of aryl methyl sites for hydroxylation is 1. The minimum absolute atomic E-state index is 0.106. The van der Waals surface area contributed by atoms with Crippen LogP contribution in [-0.2, 0) is 6.42 Å². The summed E-state index contributed by atoms with van der Waals surface area (Å²) in [6, 6.07) is 4.41. The molecule has 0 amide bonds. The Bertz CT molecular complexity index is 358. The van der Waals surface area contributed by atoms with Crippen LogP contribution in [0.3, 0.4) is 0 Å². The molecule has 0 radical (unpaired) electrons. The number of fused-ring (bicyclic) bond motifs is 1. The monoisotopic (exact) mass is 191 g/mol. The first-order chi connectivity index (χ1) is 6.58. The molecule has 1 aliphatic heterocycles. The van der Waals surface area contributed by atoms with E-state index in [4.69, 9.17) is 10.5 Å². The zero-order valence-electron chi connectivity index (χ0n) is 9.00. The van der Waals surface area contributed by atoms with Crippen LogP contribution in [0.4, 0.5) is 0 Å². The van der Waals surface area contributed by atoms with Gasteiger partial charge in [0.1, 0.15) is 11.9 Å². The lowest BCUT2D eigenvalue weighted by Gasteiger charge is -2.10. The molecule has 1 aromatic rings. The fourth-order valence-corrected chi connectivity index (χ4v) is 2.01.